The average Bonchev–Trinajstić information content (AvgIpc) is 2.27. The Morgan fingerprint density at radius 2 is 2.07 bits per heavy atom. The van der Waals surface area contributed by atoms with Gasteiger partial charge in [-0.05, 0) is 30.2 Å². The molecule has 0 aliphatic heterocycles. The smallest absolute Gasteiger partial charge is 0.0704 e. The highest BCUT2D eigenvalue weighted by molar-refractivity contribution is 5.82. The van der Waals surface area contributed by atoms with Crippen LogP contribution >= 0.6 is 0 Å². The van der Waals surface area contributed by atoms with Gasteiger partial charge in [-0.3, -0.25) is 4.98 Å². The number of hydrogen-bond acceptors (Lipinski definition) is 2. The van der Waals surface area contributed by atoms with Gasteiger partial charge >= 0.3 is 0 Å². The number of hydrogen-bond donors (Lipinski definition) is 1. The Kier molecular flexibility index (Phi) is 2.46. The molecule has 0 spiro atoms. The lowest BCUT2D eigenvalue weighted by molar-refractivity contribution is 0.780. The van der Waals surface area contributed by atoms with Gasteiger partial charge in [-0.2, -0.15) is 0 Å². The molecule has 2 heteroatoms. The minimum Gasteiger partial charge on any atom is -0.330 e. The van der Waals surface area contributed by atoms with Crippen molar-refractivity contribution in [3.05, 3.63) is 42.1 Å². The summed E-state index contributed by atoms with van der Waals surface area (Å²) in [6.07, 6.45) is 1.85. The van der Waals surface area contributed by atoms with Crippen molar-refractivity contribution in [1.29, 1.82) is 0 Å². The number of nitrogens with two attached hydrogens (primary N) is 1. The van der Waals surface area contributed by atoms with Crippen molar-refractivity contribution in [3.8, 4) is 0 Å². The van der Waals surface area contributed by atoms with Gasteiger partial charge in [-0.15, -0.1) is 0 Å². The molecule has 14 heavy (non-hydrogen) atoms. The summed E-state index contributed by atoms with van der Waals surface area (Å²) < 4.78 is 0. The molecular weight excluding hydrogens is 172 g/mol. The topological polar surface area (TPSA) is 38.9 Å². The zero-order valence-electron chi connectivity index (χ0n) is 8.27. The Labute approximate surface area is 83.8 Å². The molecule has 0 fully saturated rings. The second-order valence-electron chi connectivity index (χ2n) is 3.55. The lowest BCUT2D eigenvalue weighted by Crippen LogP contribution is -2.09. The molecule has 0 radical (unpaired) electrons. The number of para-hydroxylation sites is 1. The minimum absolute atomic E-state index is 0.392. The van der Waals surface area contributed by atoms with E-state index < -0.39 is 0 Å². The highest BCUT2D eigenvalue weighted by Crippen LogP contribution is 2.22. The van der Waals surface area contributed by atoms with E-state index in [0.29, 0.717) is 12.5 Å². The zero-order valence-corrected chi connectivity index (χ0v) is 8.27. The molecule has 0 saturated heterocycles. The fraction of sp³-hybridized carbons (Fsp3) is 0.250. The molecule has 1 atom stereocenters. The van der Waals surface area contributed by atoms with E-state index in [2.05, 4.69) is 24.0 Å². The van der Waals surface area contributed by atoms with Gasteiger partial charge in [-0.25, -0.2) is 0 Å². The van der Waals surface area contributed by atoms with Crippen molar-refractivity contribution in [3.63, 3.8) is 0 Å². The van der Waals surface area contributed by atoms with Gasteiger partial charge in [0.2, 0.25) is 0 Å². The Morgan fingerprint density at radius 1 is 1.29 bits per heavy atom. The van der Waals surface area contributed by atoms with Gasteiger partial charge in [0.1, 0.15) is 0 Å². The summed E-state index contributed by atoms with van der Waals surface area (Å²) in [6.45, 7) is 2.82. The van der Waals surface area contributed by atoms with Crippen LogP contribution in [0, 0.1) is 0 Å². The number of fused-ring (bicyclic) bond motifs is 1. The molecule has 2 nitrogen and oxygen atoms in total. The van der Waals surface area contributed by atoms with Crippen LogP contribution in [0.15, 0.2) is 36.5 Å². The van der Waals surface area contributed by atoms with E-state index >= 15 is 0 Å². The third-order valence-corrected chi connectivity index (χ3v) is 2.57. The highest BCUT2D eigenvalue weighted by atomic mass is 14.6. The Balaban J connectivity index is 2.65. The fourth-order valence-electron chi connectivity index (χ4n) is 1.67. The first-order chi connectivity index (χ1) is 6.83. The molecule has 0 aliphatic rings. The molecule has 2 rings (SSSR count). The van der Waals surface area contributed by atoms with Crippen LogP contribution < -0.4 is 5.73 Å². The average molecular weight is 186 g/mol. The Hall–Kier alpha value is -1.41. The number of benzene rings is 1. The summed E-state index contributed by atoms with van der Waals surface area (Å²) in [7, 11) is 0. The summed E-state index contributed by atoms with van der Waals surface area (Å²) >= 11 is 0. The largest absolute Gasteiger partial charge is 0.330 e. The summed E-state index contributed by atoms with van der Waals surface area (Å²) in [5.74, 6) is 0.392. The maximum absolute atomic E-state index is 5.67. The van der Waals surface area contributed by atoms with Crippen molar-refractivity contribution in [2.45, 2.75) is 12.8 Å². The number of nitrogens with zero attached hydrogens (tertiary/aromatic N) is 1. The molecule has 0 aliphatic carbocycles. The van der Waals surface area contributed by atoms with Crippen LogP contribution in [0.25, 0.3) is 10.9 Å². The molecule has 2 aromatic rings. The van der Waals surface area contributed by atoms with Crippen molar-refractivity contribution in [1.82, 2.24) is 4.98 Å². The monoisotopic (exact) mass is 186 g/mol. The molecule has 1 aromatic heterocycles. The molecule has 0 amide bonds. The van der Waals surface area contributed by atoms with Crippen LogP contribution in [0.3, 0.4) is 0 Å². The maximum atomic E-state index is 5.67. The first kappa shape index (κ1) is 9.16. The first-order valence-electron chi connectivity index (χ1n) is 4.86. The second-order valence-corrected chi connectivity index (χ2v) is 3.55. The van der Waals surface area contributed by atoms with Crippen molar-refractivity contribution >= 4 is 10.9 Å². The minimum atomic E-state index is 0.392. The first-order valence-corrected chi connectivity index (χ1v) is 4.86. The quantitative estimate of drug-likeness (QED) is 0.781. The molecular formula is C12H14N2. The summed E-state index contributed by atoms with van der Waals surface area (Å²) in [4.78, 5) is 4.32. The second kappa shape index (κ2) is 3.76. The maximum Gasteiger partial charge on any atom is 0.0704 e. The fourth-order valence-corrected chi connectivity index (χ4v) is 1.67. The summed E-state index contributed by atoms with van der Waals surface area (Å²) in [6, 6.07) is 10.2. The van der Waals surface area contributed by atoms with E-state index in [1.165, 1.54) is 10.9 Å². The SMILES string of the molecule is C[C@H](CN)c1ccnc2ccccc12. The van der Waals surface area contributed by atoms with E-state index in [4.69, 9.17) is 5.73 Å². The molecule has 1 heterocycles. The molecule has 72 valence electrons. The van der Waals surface area contributed by atoms with E-state index in [0.717, 1.165) is 5.52 Å². The van der Waals surface area contributed by atoms with E-state index in [-0.39, 0.29) is 0 Å². The van der Waals surface area contributed by atoms with Gasteiger partial charge in [0, 0.05) is 11.6 Å². The van der Waals surface area contributed by atoms with Gasteiger partial charge in [0.05, 0.1) is 5.52 Å². The van der Waals surface area contributed by atoms with Crippen molar-refractivity contribution < 1.29 is 0 Å². The van der Waals surface area contributed by atoms with Crippen LogP contribution in [0.1, 0.15) is 18.4 Å². The van der Waals surface area contributed by atoms with Crippen molar-refractivity contribution in [2.75, 3.05) is 6.54 Å². The van der Waals surface area contributed by atoms with Gasteiger partial charge in [0.15, 0.2) is 0 Å². The molecule has 2 N–H and O–H groups in total. The molecule has 0 saturated carbocycles. The normalized spacial score (nSPS) is 13.0. The standard InChI is InChI=1S/C12H14N2/c1-9(8-13)10-6-7-14-12-5-3-2-4-11(10)12/h2-7,9H,8,13H2,1H3/t9-/m1/s1. The predicted molar refractivity (Wildman–Crippen MR) is 59.2 cm³/mol. The molecule has 0 bridgehead atoms. The highest BCUT2D eigenvalue weighted by Gasteiger charge is 2.06. The van der Waals surface area contributed by atoms with E-state index in [9.17, 15) is 0 Å². The lowest BCUT2D eigenvalue weighted by Gasteiger charge is -2.11. The van der Waals surface area contributed by atoms with Crippen LogP contribution in [0.4, 0.5) is 0 Å². The number of rotatable bonds is 2. The third-order valence-electron chi connectivity index (χ3n) is 2.57. The predicted octanol–water partition coefficient (Wildman–Crippen LogP) is 2.30. The molecule has 1 aromatic carbocycles. The number of aromatic nitrogens is 1. The summed E-state index contributed by atoms with van der Waals surface area (Å²) in [5.41, 5.74) is 8.01. The van der Waals surface area contributed by atoms with Crippen LogP contribution in [0.2, 0.25) is 0 Å². The van der Waals surface area contributed by atoms with Crippen LogP contribution in [0.5, 0.6) is 0 Å². The van der Waals surface area contributed by atoms with Gasteiger partial charge in [0.25, 0.3) is 0 Å². The van der Waals surface area contributed by atoms with Crippen LogP contribution in [-0.2, 0) is 0 Å². The van der Waals surface area contributed by atoms with Crippen LogP contribution in [-0.4, -0.2) is 11.5 Å². The van der Waals surface area contributed by atoms with Gasteiger partial charge < -0.3 is 5.73 Å². The third kappa shape index (κ3) is 1.49. The summed E-state index contributed by atoms with van der Waals surface area (Å²) in [5, 5.41) is 1.22. The van der Waals surface area contributed by atoms with E-state index in [1.807, 2.05) is 24.4 Å². The van der Waals surface area contributed by atoms with Crippen molar-refractivity contribution in [2.24, 2.45) is 5.73 Å². The Morgan fingerprint density at radius 3 is 2.86 bits per heavy atom. The zero-order chi connectivity index (χ0) is 9.97. The lowest BCUT2D eigenvalue weighted by atomic mass is 9.98. The van der Waals surface area contributed by atoms with E-state index in [1.54, 1.807) is 0 Å². The van der Waals surface area contributed by atoms with Gasteiger partial charge in [-0.1, -0.05) is 25.1 Å². The molecule has 0 unspecified atom stereocenters. The Bertz CT molecular complexity index is 432. The number of pyridine rings is 1.